The summed E-state index contributed by atoms with van der Waals surface area (Å²) in [5.74, 6) is 0.320. The number of urea groups is 1. The van der Waals surface area contributed by atoms with E-state index in [4.69, 9.17) is 0 Å². The Bertz CT molecular complexity index is 697. The first kappa shape index (κ1) is 15.9. The number of aromatic nitrogens is 2. The van der Waals surface area contributed by atoms with Gasteiger partial charge >= 0.3 is 6.03 Å². The van der Waals surface area contributed by atoms with E-state index in [0.29, 0.717) is 11.0 Å². The molecule has 1 heterocycles. The van der Waals surface area contributed by atoms with Crippen LogP contribution in [-0.2, 0) is 6.42 Å². The molecule has 1 aliphatic rings. The van der Waals surface area contributed by atoms with Gasteiger partial charge in [0.2, 0.25) is 5.13 Å². The molecule has 0 radical (unpaired) electrons. The number of hydrogen-bond acceptors (Lipinski definition) is 4. The number of carbonyl (C=O) groups excluding carboxylic acids is 1. The average molecular weight is 330 g/mol. The molecule has 0 unspecified atom stereocenters. The van der Waals surface area contributed by atoms with Crippen molar-refractivity contribution < 1.29 is 4.79 Å². The Kier molecular flexibility index (Phi) is 4.61. The molecule has 2 aromatic rings. The van der Waals surface area contributed by atoms with Crippen molar-refractivity contribution in [1.29, 1.82) is 0 Å². The van der Waals surface area contributed by atoms with Crippen molar-refractivity contribution in [3.05, 3.63) is 40.4 Å². The molecule has 0 fully saturated rings. The van der Waals surface area contributed by atoms with Gasteiger partial charge in [0.05, 0.1) is 6.04 Å². The largest absolute Gasteiger partial charge is 0.323 e. The molecule has 1 atom stereocenters. The van der Waals surface area contributed by atoms with Crippen molar-refractivity contribution in [3.8, 4) is 0 Å². The van der Waals surface area contributed by atoms with E-state index in [9.17, 15) is 4.79 Å². The van der Waals surface area contributed by atoms with Crippen LogP contribution in [-0.4, -0.2) is 28.2 Å². The van der Waals surface area contributed by atoms with Gasteiger partial charge < -0.3 is 4.90 Å². The van der Waals surface area contributed by atoms with Crippen molar-refractivity contribution in [1.82, 2.24) is 15.1 Å². The number of anilines is 1. The molecule has 2 amide bonds. The second-order valence-electron chi connectivity index (χ2n) is 6.25. The maximum Gasteiger partial charge on any atom is 0.323 e. The third-order valence-electron chi connectivity index (χ3n) is 4.27. The van der Waals surface area contributed by atoms with Gasteiger partial charge in [0.1, 0.15) is 5.01 Å². The lowest BCUT2D eigenvalue weighted by Gasteiger charge is -2.33. The highest BCUT2D eigenvalue weighted by Gasteiger charge is 2.27. The van der Waals surface area contributed by atoms with Crippen molar-refractivity contribution >= 4 is 22.5 Å². The fourth-order valence-electron chi connectivity index (χ4n) is 2.97. The van der Waals surface area contributed by atoms with Crippen LogP contribution in [0.5, 0.6) is 0 Å². The topological polar surface area (TPSA) is 58.1 Å². The van der Waals surface area contributed by atoms with Crippen LogP contribution in [0, 0.1) is 0 Å². The molecule has 1 aromatic heterocycles. The minimum Gasteiger partial charge on any atom is -0.320 e. The van der Waals surface area contributed by atoms with Crippen LogP contribution < -0.4 is 5.32 Å². The van der Waals surface area contributed by atoms with Crippen molar-refractivity contribution in [2.45, 2.75) is 45.1 Å². The molecule has 122 valence electrons. The van der Waals surface area contributed by atoms with Crippen molar-refractivity contribution in [3.63, 3.8) is 0 Å². The molecule has 0 aliphatic heterocycles. The minimum absolute atomic E-state index is 0.123. The van der Waals surface area contributed by atoms with Crippen LogP contribution in [0.25, 0.3) is 0 Å². The van der Waals surface area contributed by atoms with Gasteiger partial charge in [0, 0.05) is 13.0 Å². The number of amides is 2. The van der Waals surface area contributed by atoms with Gasteiger partial charge in [-0.2, -0.15) is 0 Å². The summed E-state index contributed by atoms with van der Waals surface area (Å²) in [5.41, 5.74) is 2.61. The number of hydrogen-bond donors (Lipinski definition) is 1. The van der Waals surface area contributed by atoms with E-state index in [-0.39, 0.29) is 12.1 Å². The summed E-state index contributed by atoms with van der Waals surface area (Å²) >= 11 is 1.44. The lowest BCUT2D eigenvalue weighted by atomic mass is 9.87. The lowest BCUT2D eigenvalue weighted by Crippen LogP contribution is -2.36. The molecule has 1 aromatic carbocycles. The molecule has 0 bridgehead atoms. The van der Waals surface area contributed by atoms with E-state index in [0.717, 1.165) is 24.3 Å². The number of rotatable bonds is 3. The third kappa shape index (κ3) is 3.37. The summed E-state index contributed by atoms with van der Waals surface area (Å²) in [6.07, 6.45) is 3.19. The molecule has 1 N–H and O–H groups in total. The maximum absolute atomic E-state index is 12.6. The first-order valence-corrected chi connectivity index (χ1v) is 8.83. The van der Waals surface area contributed by atoms with Gasteiger partial charge in [-0.05, 0) is 30.4 Å². The van der Waals surface area contributed by atoms with E-state index in [1.807, 2.05) is 13.1 Å². The average Bonchev–Trinajstić information content (AvgIpc) is 3.02. The maximum atomic E-state index is 12.6. The Balaban J connectivity index is 1.72. The van der Waals surface area contributed by atoms with E-state index >= 15 is 0 Å². The summed E-state index contributed by atoms with van der Waals surface area (Å²) in [4.78, 5) is 14.3. The Morgan fingerprint density at radius 2 is 2.13 bits per heavy atom. The van der Waals surface area contributed by atoms with Crippen LogP contribution in [0.2, 0.25) is 0 Å². The van der Waals surface area contributed by atoms with E-state index in [1.165, 1.54) is 22.5 Å². The zero-order chi connectivity index (χ0) is 16.4. The quantitative estimate of drug-likeness (QED) is 0.917. The summed E-state index contributed by atoms with van der Waals surface area (Å²) in [7, 11) is 1.85. The second kappa shape index (κ2) is 6.66. The standard InChI is InChI=1S/C17H22N4OS/c1-11(2)15-19-20-16(23-15)18-17(22)21(3)14-10-6-8-12-7-4-5-9-13(12)14/h4-5,7,9,11,14H,6,8,10H2,1-3H3,(H,18,20,22)/t14-/m0/s1. The molecule has 0 saturated carbocycles. The SMILES string of the molecule is CC(C)c1nnc(NC(=O)N(C)[C@H]2CCCc3ccccc32)s1. The number of carbonyl (C=O) groups is 1. The lowest BCUT2D eigenvalue weighted by molar-refractivity contribution is 0.197. The van der Waals surface area contributed by atoms with E-state index < -0.39 is 0 Å². The van der Waals surface area contributed by atoms with Crippen LogP contribution in [0.15, 0.2) is 24.3 Å². The highest BCUT2D eigenvalue weighted by Crippen LogP contribution is 2.33. The number of nitrogens with one attached hydrogen (secondary N) is 1. The van der Waals surface area contributed by atoms with Crippen LogP contribution in [0.3, 0.4) is 0 Å². The molecule has 0 spiro atoms. The number of benzene rings is 1. The predicted molar refractivity (Wildman–Crippen MR) is 92.9 cm³/mol. The highest BCUT2D eigenvalue weighted by atomic mass is 32.1. The molecule has 3 rings (SSSR count). The van der Waals surface area contributed by atoms with Gasteiger partial charge in [0.25, 0.3) is 0 Å². The number of nitrogens with zero attached hydrogens (tertiary/aromatic N) is 3. The smallest absolute Gasteiger partial charge is 0.320 e. The monoisotopic (exact) mass is 330 g/mol. The number of aryl methyl sites for hydroxylation is 1. The summed E-state index contributed by atoms with van der Waals surface area (Å²) in [6, 6.07) is 8.39. The Morgan fingerprint density at radius 1 is 1.35 bits per heavy atom. The van der Waals surface area contributed by atoms with Gasteiger partial charge in [-0.3, -0.25) is 5.32 Å². The normalized spacial score (nSPS) is 17.0. The first-order chi connectivity index (χ1) is 11.1. The van der Waals surface area contributed by atoms with Crippen LogP contribution >= 0.6 is 11.3 Å². The van der Waals surface area contributed by atoms with Gasteiger partial charge in [0.15, 0.2) is 0 Å². The van der Waals surface area contributed by atoms with Crippen molar-refractivity contribution in [2.24, 2.45) is 0 Å². The molecule has 0 saturated heterocycles. The van der Waals surface area contributed by atoms with E-state index in [1.54, 1.807) is 4.90 Å². The number of fused-ring (bicyclic) bond motifs is 1. The Labute approximate surface area is 140 Å². The molecule has 1 aliphatic carbocycles. The zero-order valence-electron chi connectivity index (χ0n) is 13.7. The fraction of sp³-hybridized carbons (Fsp3) is 0.471. The van der Waals surface area contributed by atoms with E-state index in [2.05, 4.69) is 47.6 Å². The third-order valence-corrected chi connectivity index (χ3v) is 5.41. The second-order valence-corrected chi connectivity index (χ2v) is 7.26. The minimum atomic E-state index is -0.127. The summed E-state index contributed by atoms with van der Waals surface area (Å²) in [6.45, 7) is 4.13. The first-order valence-electron chi connectivity index (χ1n) is 8.01. The molecular formula is C17H22N4OS. The Hall–Kier alpha value is -1.95. The zero-order valence-corrected chi connectivity index (χ0v) is 14.6. The molecular weight excluding hydrogens is 308 g/mol. The predicted octanol–water partition coefficient (Wildman–Crippen LogP) is 4.20. The van der Waals surface area contributed by atoms with Gasteiger partial charge in [-0.1, -0.05) is 49.4 Å². The molecule has 6 heteroatoms. The molecule has 5 nitrogen and oxygen atoms in total. The molecule has 23 heavy (non-hydrogen) atoms. The fourth-order valence-corrected chi connectivity index (χ4v) is 3.71. The van der Waals surface area contributed by atoms with Crippen LogP contribution in [0.1, 0.15) is 54.8 Å². The van der Waals surface area contributed by atoms with Gasteiger partial charge in [-0.25, -0.2) is 4.79 Å². The highest BCUT2D eigenvalue weighted by molar-refractivity contribution is 7.15. The summed E-state index contributed by atoms with van der Waals surface area (Å²) in [5, 5.41) is 12.5. The Morgan fingerprint density at radius 3 is 2.87 bits per heavy atom. The van der Waals surface area contributed by atoms with Gasteiger partial charge in [-0.15, -0.1) is 10.2 Å². The van der Waals surface area contributed by atoms with Crippen molar-refractivity contribution in [2.75, 3.05) is 12.4 Å². The van der Waals surface area contributed by atoms with Crippen LogP contribution in [0.4, 0.5) is 9.93 Å². The summed E-state index contributed by atoms with van der Waals surface area (Å²) < 4.78 is 0.